The number of carbonyl (C=O) groups excluding carboxylic acids is 1. The van der Waals surface area contributed by atoms with Gasteiger partial charge in [0, 0.05) is 30.4 Å². The molecule has 0 radical (unpaired) electrons. The first-order valence-corrected chi connectivity index (χ1v) is 8.72. The summed E-state index contributed by atoms with van der Waals surface area (Å²) in [6.07, 6.45) is 5.04. The number of rotatable bonds is 7. The predicted octanol–water partition coefficient (Wildman–Crippen LogP) is 2.72. The molecule has 2 heterocycles. The Morgan fingerprint density at radius 3 is 2.85 bits per heavy atom. The quantitative estimate of drug-likeness (QED) is 0.831. The lowest BCUT2D eigenvalue weighted by Gasteiger charge is -2.16. The number of benzene rings is 1. The van der Waals surface area contributed by atoms with E-state index in [4.69, 9.17) is 9.57 Å². The first kappa shape index (κ1) is 17.9. The van der Waals surface area contributed by atoms with Crippen molar-refractivity contribution < 1.29 is 14.4 Å². The molecule has 0 unspecified atom stereocenters. The lowest BCUT2D eigenvalue weighted by atomic mass is 10.0. The maximum absolute atomic E-state index is 12.4. The van der Waals surface area contributed by atoms with Crippen LogP contribution < -0.4 is 10.1 Å². The Labute approximate surface area is 153 Å². The molecule has 0 fully saturated rings. The van der Waals surface area contributed by atoms with Crippen molar-refractivity contribution in [3.05, 3.63) is 59.9 Å². The fourth-order valence-corrected chi connectivity index (χ4v) is 2.81. The van der Waals surface area contributed by atoms with Crippen molar-refractivity contribution >= 4 is 11.6 Å². The predicted molar refractivity (Wildman–Crippen MR) is 99.2 cm³/mol. The number of carbonyl (C=O) groups is 1. The van der Waals surface area contributed by atoms with Crippen molar-refractivity contribution in [1.29, 1.82) is 0 Å². The van der Waals surface area contributed by atoms with E-state index in [-0.39, 0.29) is 11.9 Å². The van der Waals surface area contributed by atoms with Crippen LogP contribution in [0.5, 0.6) is 5.75 Å². The smallest absolute Gasteiger partial charge is 0.264 e. The van der Waals surface area contributed by atoms with Gasteiger partial charge in [-0.25, -0.2) is 0 Å². The Hall–Kier alpha value is -2.89. The van der Waals surface area contributed by atoms with Crippen molar-refractivity contribution in [1.82, 2.24) is 10.3 Å². The van der Waals surface area contributed by atoms with Gasteiger partial charge in [0.05, 0.1) is 12.8 Å². The average Bonchev–Trinajstić information content (AvgIpc) is 3.18. The summed E-state index contributed by atoms with van der Waals surface area (Å²) in [6.45, 7) is 2.00. The Balaban J connectivity index is 1.44. The van der Waals surface area contributed by atoms with E-state index in [0.29, 0.717) is 6.42 Å². The lowest BCUT2D eigenvalue weighted by molar-refractivity contribution is -0.131. The number of nitrogens with zero attached hydrogens (tertiary/aromatic N) is 2. The third-order valence-electron chi connectivity index (χ3n) is 4.37. The maximum Gasteiger partial charge on any atom is 0.264 e. The first-order chi connectivity index (χ1) is 12.7. The summed E-state index contributed by atoms with van der Waals surface area (Å²) >= 11 is 0. The van der Waals surface area contributed by atoms with Crippen LogP contribution in [0.2, 0.25) is 0 Å². The second-order valence-electron chi connectivity index (χ2n) is 6.37. The summed E-state index contributed by atoms with van der Waals surface area (Å²) in [6, 6.07) is 11.8. The van der Waals surface area contributed by atoms with Crippen molar-refractivity contribution in [2.24, 2.45) is 5.16 Å². The van der Waals surface area contributed by atoms with E-state index in [9.17, 15) is 4.79 Å². The topological polar surface area (TPSA) is 72.8 Å². The number of hydrogen-bond acceptors (Lipinski definition) is 5. The molecule has 6 heteroatoms. The third kappa shape index (κ3) is 4.59. The zero-order valence-electron chi connectivity index (χ0n) is 15.0. The van der Waals surface area contributed by atoms with Crippen LogP contribution in [-0.2, 0) is 16.1 Å². The zero-order chi connectivity index (χ0) is 18.4. The largest absolute Gasteiger partial charge is 0.497 e. The van der Waals surface area contributed by atoms with Crippen molar-refractivity contribution in [3.63, 3.8) is 0 Å². The number of hydrogen-bond donors (Lipinski definition) is 1. The number of aryl methyl sites for hydroxylation is 1. The fourth-order valence-electron chi connectivity index (χ4n) is 2.81. The number of pyridine rings is 1. The molecule has 0 saturated carbocycles. The van der Waals surface area contributed by atoms with Crippen LogP contribution in [0.4, 0.5) is 0 Å². The molecule has 0 bridgehead atoms. The van der Waals surface area contributed by atoms with Crippen LogP contribution in [-0.4, -0.2) is 35.9 Å². The lowest BCUT2D eigenvalue weighted by Crippen LogP contribution is -2.40. The van der Waals surface area contributed by atoms with Crippen LogP contribution in [0.25, 0.3) is 0 Å². The van der Waals surface area contributed by atoms with Crippen LogP contribution in [0.3, 0.4) is 0 Å². The van der Waals surface area contributed by atoms with E-state index < -0.39 is 6.10 Å². The van der Waals surface area contributed by atoms with Gasteiger partial charge in [-0.1, -0.05) is 17.3 Å². The average molecular weight is 353 g/mol. The zero-order valence-corrected chi connectivity index (χ0v) is 15.0. The molecule has 26 heavy (non-hydrogen) atoms. The SMILES string of the molecule is COc1ccc(CC[C@@H](C)NC(=O)[C@H]2CC(c3cccnc3)=NO2)cc1. The molecule has 136 valence electrons. The highest BCUT2D eigenvalue weighted by atomic mass is 16.6. The van der Waals surface area contributed by atoms with Crippen LogP contribution in [0.1, 0.15) is 30.9 Å². The van der Waals surface area contributed by atoms with Gasteiger partial charge in [0.15, 0.2) is 0 Å². The molecular formula is C20H23N3O3. The summed E-state index contributed by atoms with van der Waals surface area (Å²) < 4.78 is 5.16. The normalized spacial score (nSPS) is 17.2. The van der Waals surface area contributed by atoms with E-state index in [2.05, 4.69) is 15.5 Å². The van der Waals surface area contributed by atoms with Gasteiger partial charge < -0.3 is 14.9 Å². The number of aromatic nitrogens is 1. The molecular weight excluding hydrogens is 330 g/mol. The van der Waals surface area contributed by atoms with Crippen molar-refractivity contribution in [2.75, 3.05) is 7.11 Å². The number of nitrogens with one attached hydrogen (secondary N) is 1. The van der Waals surface area contributed by atoms with Crippen LogP contribution >= 0.6 is 0 Å². The minimum atomic E-state index is -0.575. The van der Waals surface area contributed by atoms with Gasteiger partial charge in [-0.15, -0.1) is 0 Å². The van der Waals surface area contributed by atoms with E-state index >= 15 is 0 Å². The molecule has 1 aliphatic heterocycles. The Bertz CT molecular complexity index is 760. The van der Waals surface area contributed by atoms with Gasteiger partial charge in [0.1, 0.15) is 5.75 Å². The summed E-state index contributed by atoms with van der Waals surface area (Å²) in [5, 5.41) is 7.04. The minimum absolute atomic E-state index is 0.0515. The standard InChI is InChI=1S/C20H23N3O3/c1-14(5-6-15-7-9-17(25-2)10-8-15)22-20(24)19-12-18(23-26-19)16-4-3-11-21-13-16/h3-4,7-11,13-14,19H,5-6,12H2,1-2H3,(H,22,24)/t14-,19-/m1/s1. The molecule has 0 spiro atoms. The molecule has 1 amide bonds. The minimum Gasteiger partial charge on any atom is -0.497 e. The van der Waals surface area contributed by atoms with Crippen LogP contribution in [0.15, 0.2) is 53.9 Å². The number of oxime groups is 1. The van der Waals surface area contributed by atoms with Crippen molar-refractivity contribution in [2.45, 2.75) is 38.3 Å². The second-order valence-corrected chi connectivity index (χ2v) is 6.37. The second kappa shape index (κ2) is 8.47. The highest BCUT2D eigenvalue weighted by Gasteiger charge is 2.29. The van der Waals surface area contributed by atoms with Gasteiger partial charge in [0.2, 0.25) is 6.10 Å². The van der Waals surface area contributed by atoms with Gasteiger partial charge >= 0.3 is 0 Å². The van der Waals surface area contributed by atoms with Gasteiger partial charge in [-0.2, -0.15) is 0 Å². The molecule has 1 N–H and O–H groups in total. The number of ether oxygens (including phenoxy) is 1. The molecule has 2 atom stereocenters. The molecule has 2 aromatic rings. The first-order valence-electron chi connectivity index (χ1n) is 8.72. The van der Waals surface area contributed by atoms with Crippen molar-refractivity contribution in [3.8, 4) is 5.75 Å². The Morgan fingerprint density at radius 1 is 1.35 bits per heavy atom. The highest BCUT2D eigenvalue weighted by Crippen LogP contribution is 2.17. The molecule has 0 saturated heterocycles. The summed E-state index contributed by atoms with van der Waals surface area (Å²) in [5.41, 5.74) is 2.85. The monoisotopic (exact) mass is 353 g/mol. The van der Waals surface area contributed by atoms with E-state index in [1.54, 1.807) is 19.5 Å². The third-order valence-corrected chi connectivity index (χ3v) is 4.37. The molecule has 1 aromatic carbocycles. The van der Waals surface area contributed by atoms with E-state index in [1.807, 2.05) is 43.3 Å². The van der Waals surface area contributed by atoms with Gasteiger partial charge in [-0.3, -0.25) is 9.78 Å². The number of methoxy groups -OCH3 is 1. The van der Waals surface area contributed by atoms with E-state index in [1.165, 1.54) is 5.56 Å². The molecule has 1 aromatic heterocycles. The Morgan fingerprint density at radius 2 is 2.15 bits per heavy atom. The molecule has 0 aliphatic carbocycles. The summed E-state index contributed by atoms with van der Waals surface area (Å²) in [4.78, 5) is 21.8. The Kier molecular flexibility index (Phi) is 5.84. The van der Waals surface area contributed by atoms with Gasteiger partial charge in [-0.05, 0) is 49.6 Å². The highest BCUT2D eigenvalue weighted by molar-refractivity contribution is 6.03. The fraction of sp³-hybridized carbons (Fsp3) is 0.350. The summed E-state index contributed by atoms with van der Waals surface area (Å²) in [7, 11) is 1.65. The van der Waals surface area contributed by atoms with Crippen LogP contribution in [0, 0.1) is 0 Å². The number of amides is 1. The molecule has 1 aliphatic rings. The van der Waals surface area contributed by atoms with Gasteiger partial charge in [0.25, 0.3) is 5.91 Å². The molecule has 3 rings (SSSR count). The maximum atomic E-state index is 12.4. The molecule has 6 nitrogen and oxygen atoms in total. The van der Waals surface area contributed by atoms with E-state index in [0.717, 1.165) is 29.9 Å². The summed E-state index contributed by atoms with van der Waals surface area (Å²) in [5.74, 6) is 0.716.